The number of carbonyl (C=O) groups excluding carboxylic acids is 1. The largest absolute Gasteiger partial charge is 0.492 e. The Morgan fingerprint density at radius 2 is 2.12 bits per heavy atom. The van der Waals surface area contributed by atoms with E-state index in [4.69, 9.17) is 15.2 Å². The first-order chi connectivity index (χ1) is 15.9. The Bertz CT molecular complexity index is 1150. The number of ketones is 1. The smallest absolute Gasteiger partial charge is 0.220 e. The van der Waals surface area contributed by atoms with Crippen molar-refractivity contribution in [3.05, 3.63) is 65.6 Å². The normalized spacial score (nSPS) is 15.1. The molecule has 0 amide bonds. The molecule has 3 aromatic rings. The molecule has 1 atom stereocenters. The van der Waals surface area contributed by atoms with Gasteiger partial charge in [0.05, 0.1) is 18.2 Å². The molecule has 1 aromatic heterocycles. The third-order valence-electron chi connectivity index (χ3n) is 5.60. The zero-order valence-corrected chi connectivity index (χ0v) is 18.8. The second-order valence-electron chi connectivity index (χ2n) is 8.36. The van der Waals surface area contributed by atoms with E-state index >= 15 is 0 Å². The van der Waals surface area contributed by atoms with E-state index in [1.165, 1.54) is 6.07 Å². The summed E-state index contributed by atoms with van der Waals surface area (Å²) in [7, 11) is 3.94. The van der Waals surface area contributed by atoms with Gasteiger partial charge in [-0.2, -0.15) is 0 Å². The van der Waals surface area contributed by atoms with Crippen LogP contribution in [0.15, 0.2) is 48.7 Å². The highest BCUT2D eigenvalue weighted by Gasteiger charge is 2.28. The second kappa shape index (κ2) is 9.95. The molecule has 1 aliphatic rings. The van der Waals surface area contributed by atoms with E-state index in [-0.39, 0.29) is 36.4 Å². The fraction of sp³-hybridized carbons (Fsp3) is 0.320. The second-order valence-corrected chi connectivity index (χ2v) is 8.36. The Labute approximate surface area is 192 Å². The van der Waals surface area contributed by atoms with E-state index in [9.17, 15) is 9.18 Å². The number of nitrogen functional groups attached to an aromatic ring is 1. The number of carbonyl (C=O) groups is 1. The molecule has 8 heteroatoms. The van der Waals surface area contributed by atoms with Gasteiger partial charge in [0.25, 0.3) is 0 Å². The van der Waals surface area contributed by atoms with Gasteiger partial charge in [-0.15, -0.1) is 0 Å². The number of benzene rings is 2. The molecular weight excluding hydrogens is 423 g/mol. The number of fused-ring (bicyclic) bond motifs is 1. The molecule has 2 aromatic carbocycles. The highest BCUT2D eigenvalue weighted by molar-refractivity contribution is 5.85. The van der Waals surface area contributed by atoms with Crippen LogP contribution in [0.1, 0.15) is 11.1 Å². The van der Waals surface area contributed by atoms with Gasteiger partial charge in [0.2, 0.25) is 5.95 Å². The summed E-state index contributed by atoms with van der Waals surface area (Å²) in [5.74, 6) is 0.370. The lowest BCUT2D eigenvalue weighted by molar-refractivity contribution is -0.123. The van der Waals surface area contributed by atoms with Crippen LogP contribution >= 0.6 is 0 Å². The van der Waals surface area contributed by atoms with Crippen LogP contribution < -0.4 is 15.2 Å². The molecule has 2 heterocycles. The highest BCUT2D eigenvalue weighted by Crippen LogP contribution is 2.32. The molecule has 33 heavy (non-hydrogen) atoms. The number of likely N-dealkylation sites (N-methyl/N-ethyl adjacent to an activating group) is 1. The van der Waals surface area contributed by atoms with Crippen LogP contribution in [0.25, 0.3) is 11.3 Å². The zero-order valence-electron chi connectivity index (χ0n) is 18.8. The molecular formula is C25H27FN4O3. The lowest BCUT2D eigenvalue weighted by atomic mass is 9.89. The van der Waals surface area contributed by atoms with Crippen molar-refractivity contribution in [1.29, 1.82) is 0 Å². The van der Waals surface area contributed by atoms with Crippen molar-refractivity contribution < 1.29 is 18.7 Å². The van der Waals surface area contributed by atoms with Crippen LogP contribution in [0.5, 0.6) is 11.5 Å². The first-order valence-corrected chi connectivity index (χ1v) is 10.8. The first-order valence-electron chi connectivity index (χ1n) is 10.8. The van der Waals surface area contributed by atoms with Crippen LogP contribution in [-0.4, -0.2) is 54.5 Å². The topological polar surface area (TPSA) is 90.6 Å². The van der Waals surface area contributed by atoms with E-state index in [0.717, 1.165) is 23.2 Å². The maximum absolute atomic E-state index is 13.9. The number of nitrogens with two attached hydrogens (primary N) is 1. The summed E-state index contributed by atoms with van der Waals surface area (Å²) in [6.45, 7) is 1.38. The molecule has 0 spiro atoms. The van der Waals surface area contributed by atoms with Crippen LogP contribution in [0.3, 0.4) is 0 Å². The van der Waals surface area contributed by atoms with Gasteiger partial charge in [-0.3, -0.25) is 4.79 Å². The highest BCUT2D eigenvalue weighted by atomic mass is 19.1. The number of hydrogen-bond acceptors (Lipinski definition) is 7. The number of anilines is 1. The SMILES string of the molecule is CN(C)CCOc1cc(-c2ccnc(N)n2)ccc1CC(=O)C1COc2c(F)cccc2C1. The van der Waals surface area contributed by atoms with Crippen LogP contribution in [-0.2, 0) is 17.6 Å². The van der Waals surface area contributed by atoms with Gasteiger partial charge in [0.1, 0.15) is 18.1 Å². The summed E-state index contributed by atoms with van der Waals surface area (Å²) in [5.41, 5.74) is 8.74. The van der Waals surface area contributed by atoms with Gasteiger partial charge in [0, 0.05) is 30.3 Å². The van der Waals surface area contributed by atoms with E-state index in [0.29, 0.717) is 24.5 Å². The predicted octanol–water partition coefficient (Wildman–Crippen LogP) is 3.17. The number of hydrogen-bond donors (Lipinski definition) is 1. The first kappa shape index (κ1) is 22.7. The fourth-order valence-corrected chi connectivity index (χ4v) is 3.79. The summed E-state index contributed by atoms with van der Waals surface area (Å²) in [6.07, 6.45) is 2.26. The molecule has 0 bridgehead atoms. The third kappa shape index (κ3) is 5.46. The minimum absolute atomic E-state index is 0.0291. The Morgan fingerprint density at radius 3 is 2.91 bits per heavy atom. The number of aromatic nitrogens is 2. The maximum Gasteiger partial charge on any atom is 0.220 e. The molecule has 0 saturated carbocycles. The number of Topliss-reactive ketones (excluding diaryl/α,β-unsaturated/α-hetero) is 1. The minimum Gasteiger partial charge on any atom is -0.492 e. The summed E-state index contributed by atoms with van der Waals surface area (Å²) in [5, 5.41) is 0. The molecule has 4 rings (SSSR count). The number of para-hydroxylation sites is 1. The Morgan fingerprint density at radius 1 is 1.27 bits per heavy atom. The maximum atomic E-state index is 13.9. The number of ether oxygens (including phenoxy) is 2. The molecule has 1 unspecified atom stereocenters. The van der Waals surface area contributed by atoms with Crippen LogP contribution in [0.4, 0.5) is 10.3 Å². The monoisotopic (exact) mass is 450 g/mol. The van der Waals surface area contributed by atoms with Crippen molar-refractivity contribution in [2.75, 3.05) is 39.6 Å². The number of halogens is 1. The molecule has 0 fully saturated rings. The molecule has 0 radical (unpaired) electrons. The summed E-state index contributed by atoms with van der Waals surface area (Å²) in [6, 6.07) is 12.2. The van der Waals surface area contributed by atoms with E-state index in [1.807, 2.05) is 37.2 Å². The van der Waals surface area contributed by atoms with Crippen LogP contribution in [0.2, 0.25) is 0 Å². The van der Waals surface area contributed by atoms with Gasteiger partial charge in [0.15, 0.2) is 11.6 Å². The van der Waals surface area contributed by atoms with E-state index in [2.05, 4.69) is 9.97 Å². The van der Waals surface area contributed by atoms with Gasteiger partial charge in [-0.1, -0.05) is 24.3 Å². The Balaban J connectivity index is 1.54. The molecule has 0 saturated heterocycles. The molecule has 172 valence electrons. The summed E-state index contributed by atoms with van der Waals surface area (Å²) < 4.78 is 25.6. The molecule has 7 nitrogen and oxygen atoms in total. The van der Waals surface area contributed by atoms with Crippen molar-refractivity contribution in [2.45, 2.75) is 12.8 Å². The predicted molar refractivity (Wildman–Crippen MR) is 124 cm³/mol. The molecule has 0 aliphatic carbocycles. The zero-order chi connectivity index (χ0) is 23.4. The Hall–Kier alpha value is -3.52. The van der Waals surface area contributed by atoms with Crippen molar-refractivity contribution in [3.63, 3.8) is 0 Å². The minimum atomic E-state index is -0.393. The average Bonchev–Trinajstić information content (AvgIpc) is 2.79. The van der Waals surface area contributed by atoms with Crippen LogP contribution in [0, 0.1) is 11.7 Å². The summed E-state index contributed by atoms with van der Waals surface area (Å²) in [4.78, 5) is 23.4. The number of rotatable bonds is 8. The van der Waals surface area contributed by atoms with Crippen molar-refractivity contribution in [3.8, 4) is 22.8 Å². The molecule has 2 N–H and O–H groups in total. The van der Waals surface area contributed by atoms with Crippen molar-refractivity contribution >= 4 is 11.7 Å². The third-order valence-corrected chi connectivity index (χ3v) is 5.60. The quantitative estimate of drug-likeness (QED) is 0.564. The van der Waals surface area contributed by atoms with Gasteiger partial charge in [-0.25, -0.2) is 14.4 Å². The fourth-order valence-electron chi connectivity index (χ4n) is 3.79. The van der Waals surface area contributed by atoms with Gasteiger partial charge < -0.3 is 20.1 Å². The number of nitrogens with zero attached hydrogens (tertiary/aromatic N) is 3. The van der Waals surface area contributed by atoms with E-state index < -0.39 is 5.82 Å². The van der Waals surface area contributed by atoms with Gasteiger partial charge >= 0.3 is 0 Å². The standard InChI is InChI=1S/C25H27FN4O3/c1-30(2)10-11-32-23-14-16(21-8-9-28-25(27)29-21)6-7-17(23)13-22(31)19-12-18-4-3-5-20(26)24(18)33-15-19/h3-9,14,19H,10-13,15H2,1-2H3,(H2,27,28,29). The van der Waals surface area contributed by atoms with Crippen molar-refractivity contribution in [2.24, 2.45) is 5.92 Å². The Kier molecular flexibility index (Phi) is 6.84. The summed E-state index contributed by atoms with van der Waals surface area (Å²) >= 11 is 0. The van der Waals surface area contributed by atoms with E-state index in [1.54, 1.807) is 24.4 Å². The van der Waals surface area contributed by atoms with Gasteiger partial charge in [-0.05, 0) is 44.3 Å². The van der Waals surface area contributed by atoms with Crippen molar-refractivity contribution in [1.82, 2.24) is 14.9 Å². The molecule has 1 aliphatic heterocycles. The lowest BCUT2D eigenvalue weighted by Gasteiger charge is -2.25. The average molecular weight is 451 g/mol. The lowest BCUT2D eigenvalue weighted by Crippen LogP contribution is -2.30.